The molecule has 0 spiro atoms. The third-order valence-corrected chi connectivity index (χ3v) is 4.46. The molecule has 0 radical (unpaired) electrons. The fraction of sp³-hybridized carbons (Fsp3) is 1.00. The summed E-state index contributed by atoms with van der Waals surface area (Å²) in [4.78, 5) is 0. The second-order valence-corrected chi connectivity index (χ2v) is 6.04. The Bertz CT molecular complexity index is 174. The SMILES string of the molecule is CCCCCCC1(CNCCOC)CCCCC1. The normalized spacial score (nSPS) is 19.0. The quantitative estimate of drug-likeness (QED) is 0.592. The summed E-state index contributed by atoms with van der Waals surface area (Å²) < 4.78 is 5.11. The molecule has 1 N–H and O–H groups in total. The molecule has 0 saturated heterocycles. The topological polar surface area (TPSA) is 21.3 Å². The maximum atomic E-state index is 5.11. The van der Waals surface area contributed by atoms with Gasteiger partial charge < -0.3 is 10.1 Å². The second-order valence-electron chi connectivity index (χ2n) is 6.04. The molecule has 1 saturated carbocycles. The van der Waals surface area contributed by atoms with Gasteiger partial charge in [-0.1, -0.05) is 51.9 Å². The highest BCUT2D eigenvalue weighted by atomic mass is 16.5. The van der Waals surface area contributed by atoms with Crippen LogP contribution in [0, 0.1) is 5.41 Å². The highest BCUT2D eigenvalue weighted by Crippen LogP contribution is 2.40. The monoisotopic (exact) mass is 255 g/mol. The number of nitrogens with one attached hydrogen (secondary N) is 1. The van der Waals surface area contributed by atoms with Crippen LogP contribution in [0.15, 0.2) is 0 Å². The maximum Gasteiger partial charge on any atom is 0.0587 e. The van der Waals surface area contributed by atoms with Gasteiger partial charge in [0.2, 0.25) is 0 Å². The highest BCUT2D eigenvalue weighted by molar-refractivity contribution is 4.84. The Kier molecular flexibility index (Phi) is 8.70. The number of unbranched alkanes of at least 4 members (excludes halogenated alkanes) is 3. The first-order chi connectivity index (χ1) is 8.83. The molecule has 1 fully saturated rings. The third kappa shape index (κ3) is 6.19. The summed E-state index contributed by atoms with van der Waals surface area (Å²) in [5.41, 5.74) is 0.611. The lowest BCUT2D eigenvalue weighted by atomic mass is 9.71. The molecule has 1 rings (SSSR count). The lowest BCUT2D eigenvalue weighted by molar-refractivity contribution is 0.149. The van der Waals surface area contributed by atoms with Crippen molar-refractivity contribution in [2.24, 2.45) is 5.41 Å². The van der Waals surface area contributed by atoms with Crippen molar-refractivity contribution in [1.29, 1.82) is 0 Å². The van der Waals surface area contributed by atoms with Crippen LogP contribution in [0.2, 0.25) is 0 Å². The van der Waals surface area contributed by atoms with Crippen molar-refractivity contribution in [2.75, 3.05) is 26.8 Å². The zero-order chi connectivity index (χ0) is 13.1. The Labute approximate surface area is 114 Å². The maximum absolute atomic E-state index is 5.11. The van der Waals surface area contributed by atoms with Crippen molar-refractivity contribution in [3.63, 3.8) is 0 Å². The van der Waals surface area contributed by atoms with Crippen LogP contribution in [-0.4, -0.2) is 26.8 Å². The predicted molar refractivity (Wildman–Crippen MR) is 79.0 cm³/mol. The zero-order valence-corrected chi connectivity index (χ0v) is 12.6. The van der Waals surface area contributed by atoms with Crippen LogP contribution in [0.4, 0.5) is 0 Å². The molecule has 1 aliphatic carbocycles. The lowest BCUT2D eigenvalue weighted by Gasteiger charge is -2.38. The summed E-state index contributed by atoms with van der Waals surface area (Å²) in [7, 11) is 1.78. The molecule has 1 aliphatic rings. The number of ether oxygens (including phenoxy) is 1. The number of hydrogen-bond donors (Lipinski definition) is 1. The smallest absolute Gasteiger partial charge is 0.0587 e. The molecule has 2 heteroatoms. The first-order valence-electron chi connectivity index (χ1n) is 8.03. The molecule has 0 atom stereocenters. The Balaban J connectivity index is 2.27. The van der Waals surface area contributed by atoms with Gasteiger partial charge in [0.25, 0.3) is 0 Å². The fourth-order valence-electron chi connectivity index (χ4n) is 3.27. The van der Waals surface area contributed by atoms with Crippen molar-refractivity contribution < 1.29 is 4.74 Å². The first kappa shape index (κ1) is 16.0. The molecule has 18 heavy (non-hydrogen) atoms. The molecule has 0 amide bonds. The van der Waals surface area contributed by atoms with E-state index in [0.29, 0.717) is 5.41 Å². The second kappa shape index (κ2) is 9.80. The number of methoxy groups -OCH3 is 1. The summed E-state index contributed by atoms with van der Waals surface area (Å²) in [5.74, 6) is 0. The van der Waals surface area contributed by atoms with Gasteiger partial charge in [-0.05, 0) is 24.7 Å². The van der Waals surface area contributed by atoms with Crippen LogP contribution in [0.1, 0.15) is 71.1 Å². The van der Waals surface area contributed by atoms with Gasteiger partial charge >= 0.3 is 0 Å². The summed E-state index contributed by atoms with van der Waals surface area (Å²) >= 11 is 0. The minimum Gasteiger partial charge on any atom is -0.383 e. The highest BCUT2D eigenvalue weighted by Gasteiger charge is 2.30. The molecule has 0 aliphatic heterocycles. The van der Waals surface area contributed by atoms with E-state index >= 15 is 0 Å². The predicted octanol–water partition coefficient (Wildman–Crippen LogP) is 4.14. The molecule has 0 aromatic rings. The van der Waals surface area contributed by atoms with E-state index in [1.54, 1.807) is 7.11 Å². The van der Waals surface area contributed by atoms with E-state index in [1.807, 2.05) is 0 Å². The van der Waals surface area contributed by atoms with Crippen LogP contribution in [-0.2, 0) is 4.74 Å². The average molecular weight is 255 g/mol. The minimum absolute atomic E-state index is 0.611. The number of rotatable bonds is 10. The van der Waals surface area contributed by atoms with Crippen molar-refractivity contribution in [1.82, 2.24) is 5.32 Å². The minimum atomic E-state index is 0.611. The summed E-state index contributed by atoms with van der Waals surface area (Å²) in [6.45, 7) is 5.35. The van der Waals surface area contributed by atoms with Crippen molar-refractivity contribution in [2.45, 2.75) is 71.1 Å². The van der Waals surface area contributed by atoms with E-state index in [1.165, 1.54) is 70.8 Å². The van der Waals surface area contributed by atoms with Crippen LogP contribution in [0.5, 0.6) is 0 Å². The Morgan fingerprint density at radius 1 is 1.06 bits per heavy atom. The molecule has 0 heterocycles. The Morgan fingerprint density at radius 2 is 1.83 bits per heavy atom. The van der Waals surface area contributed by atoms with Crippen molar-refractivity contribution in [3.05, 3.63) is 0 Å². The first-order valence-corrected chi connectivity index (χ1v) is 8.03. The summed E-state index contributed by atoms with van der Waals surface area (Å²) in [5, 5.41) is 3.61. The summed E-state index contributed by atoms with van der Waals surface area (Å²) in [6, 6.07) is 0. The molecule has 0 unspecified atom stereocenters. The standard InChI is InChI=1S/C16H33NO/c1-3-4-5-7-10-16(11-8-6-9-12-16)15-17-13-14-18-2/h17H,3-15H2,1-2H3. The lowest BCUT2D eigenvalue weighted by Crippen LogP contribution is -2.37. The van der Waals surface area contributed by atoms with Gasteiger partial charge in [0, 0.05) is 20.2 Å². The Hall–Kier alpha value is -0.0800. The summed E-state index contributed by atoms with van der Waals surface area (Å²) in [6.07, 6.45) is 14.3. The van der Waals surface area contributed by atoms with Crippen molar-refractivity contribution >= 4 is 0 Å². The van der Waals surface area contributed by atoms with Gasteiger partial charge in [-0.15, -0.1) is 0 Å². The van der Waals surface area contributed by atoms with Gasteiger partial charge in [-0.3, -0.25) is 0 Å². The molecule has 0 aromatic heterocycles. The largest absolute Gasteiger partial charge is 0.383 e. The van der Waals surface area contributed by atoms with Crippen LogP contribution >= 0.6 is 0 Å². The Morgan fingerprint density at radius 3 is 2.50 bits per heavy atom. The van der Waals surface area contributed by atoms with Gasteiger partial charge in [0.1, 0.15) is 0 Å². The van der Waals surface area contributed by atoms with E-state index in [9.17, 15) is 0 Å². The van der Waals surface area contributed by atoms with E-state index in [-0.39, 0.29) is 0 Å². The molecule has 108 valence electrons. The molecule has 2 nitrogen and oxygen atoms in total. The van der Waals surface area contributed by atoms with Crippen LogP contribution < -0.4 is 5.32 Å². The molecular weight excluding hydrogens is 222 g/mol. The van der Waals surface area contributed by atoms with Crippen molar-refractivity contribution in [3.8, 4) is 0 Å². The molecule has 0 aromatic carbocycles. The van der Waals surface area contributed by atoms with Crippen LogP contribution in [0.25, 0.3) is 0 Å². The van der Waals surface area contributed by atoms with E-state index in [2.05, 4.69) is 12.2 Å². The molecule has 0 bridgehead atoms. The van der Waals surface area contributed by atoms with Gasteiger partial charge in [0.05, 0.1) is 6.61 Å². The van der Waals surface area contributed by atoms with E-state index < -0.39 is 0 Å². The number of hydrogen-bond acceptors (Lipinski definition) is 2. The van der Waals surface area contributed by atoms with Crippen LogP contribution in [0.3, 0.4) is 0 Å². The third-order valence-electron chi connectivity index (χ3n) is 4.46. The van der Waals surface area contributed by atoms with E-state index in [4.69, 9.17) is 4.74 Å². The van der Waals surface area contributed by atoms with Gasteiger partial charge in [-0.2, -0.15) is 0 Å². The fourth-order valence-corrected chi connectivity index (χ4v) is 3.27. The van der Waals surface area contributed by atoms with E-state index in [0.717, 1.165) is 13.2 Å². The average Bonchev–Trinajstić information content (AvgIpc) is 2.41. The molecular formula is C16H33NO. The zero-order valence-electron chi connectivity index (χ0n) is 12.6. The van der Waals surface area contributed by atoms with Gasteiger partial charge in [0.15, 0.2) is 0 Å². The van der Waals surface area contributed by atoms with Gasteiger partial charge in [-0.25, -0.2) is 0 Å².